The van der Waals surface area contributed by atoms with E-state index in [4.69, 9.17) is 5.73 Å². The standard InChI is InChI=1S/C20H20FN5O3S3/c21-14-3-5-15(6-4-14)25-7-9-26(10-8-25)17(27)13-31-20-23-12-16(19(22)24-20)32(28,29)18-2-1-11-30-18/h1-6,11-12H,7-10,13H2,(H2,22,23,24). The highest BCUT2D eigenvalue weighted by atomic mass is 32.2. The number of anilines is 2. The largest absolute Gasteiger partial charge is 0.382 e. The second kappa shape index (κ2) is 9.43. The predicted molar refractivity (Wildman–Crippen MR) is 122 cm³/mol. The van der Waals surface area contributed by atoms with Gasteiger partial charge in [0.25, 0.3) is 0 Å². The molecule has 168 valence electrons. The lowest BCUT2D eigenvalue weighted by molar-refractivity contribution is -0.128. The molecule has 3 heterocycles. The summed E-state index contributed by atoms with van der Waals surface area (Å²) in [5.41, 5.74) is 6.80. The number of thiophene rings is 1. The number of amides is 1. The number of thioether (sulfide) groups is 1. The number of hydrogen-bond acceptors (Lipinski definition) is 9. The summed E-state index contributed by atoms with van der Waals surface area (Å²) in [5, 5.41) is 1.91. The molecule has 1 aliphatic rings. The third-order valence-electron chi connectivity index (χ3n) is 4.96. The van der Waals surface area contributed by atoms with Crippen LogP contribution in [0.15, 0.2) is 62.2 Å². The minimum absolute atomic E-state index is 0.0637. The monoisotopic (exact) mass is 493 g/mol. The number of benzene rings is 1. The average molecular weight is 494 g/mol. The zero-order chi connectivity index (χ0) is 22.7. The zero-order valence-corrected chi connectivity index (χ0v) is 19.3. The molecule has 0 aliphatic carbocycles. The molecular weight excluding hydrogens is 473 g/mol. The molecule has 1 fully saturated rings. The van der Waals surface area contributed by atoms with Crippen LogP contribution in [-0.4, -0.2) is 61.1 Å². The highest BCUT2D eigenvalue weighted by molar-refractivity contribution is 7.99. The number of hydrogen-bond donors (Lipinski definition) is 1. The van der Waals surface area contributed by atoms with E-state index < -0.39 is 9.84 Å². The first-order valence-corrected chi connectivity index (χ1v) is 13.0. The Hall–Kier alpha value is -2.70. The van der Waals surface area contributed by atoms with E-state index in [1.165, 1.54) is 24.4 Å². The SMILES string of the molecule is Nc1nc(SCC(=O)N2CCN(c3ccc(F)cc3)CC2)ncc1S(=O)(=O)c1cccs1. The zero-order valence-electron chi connectivity index (χ0n) is 16.8. The van der Waals surface area contributed by atoms with Gasteiger partial charge in [0.05, 0.1) is 11.9 Å². The Labute approximate surface area is 193 Å². The van der Waals surface area contributed by atoms with E-state index >= 15 is 0 Å². The molecule has 0 radical (unpaired) electrons. The average Bonchev–Trinajstić information content (AvgIpc) is 3.34. The number of nitrogens with two attached hydrogens (primary N) is 1. The van der Waals surface area contributed by atoms with Crippen LogP contribution in [0.1, 0.15) is 0 Å². The van der Waals surface area contributed by atoms with Crippen LogP contribution in [0.25, 0.3) is 0 Å². The number of sulfone groups is 1. The molecule has 0 unspecified atom stereocenters. The fourth-order valence-electron chi connectivity index (χ4n) is 3.25. The van der Waals surface area contributed by atoms with Gasteiger partial charge >= 0.3 is 0 Å². The fraction of sp³-hybridized carbons (Fsp3) is 0.250. The molecule has 0 bridgehead atoms. The smallest absolute Gasteiger partial charge is 0.233 e. The second-order valence-corrected chi connectivity index (χ2v) is 11.0. The van der Waals surface area contributed by atoms with E-state index in [2.05, 4.69) is 14.9 Å². The summed E-state index contributed by atoms with van der Waals surface area (Å²) >= 11 is 2.20. The van der Waals surface area contributed by atoms with Gasteiger partial charge in [-0.05, 0) is 35.7 Å². The molecule has 4 rings (SSSR count). The van der Waals surface area contributed by atoms with E-state index in [1.807, 2.05) is 0 Å². The predicted octanol–water partition coefficient (Wildman–Crippen LogP) is 2.53. The van der Waals surface area contributed by atoms with E-state index in [9.17, 15) is 17.6 Å². The molecule has 0 saturated carbocycles. The number of rotatable bonds is 6. The molecule has 1 amide bonds. The molecule has 2 aromatic heterocycles. The molecule has 12 heteroatoms. The second-order valence-electron chi connectivity index (χ2n) is 6.97. The first-order chi connectivity index (χ1) is 15.3. The van der Waals surface area contributed by atoms with Gasteiger partial charge in [-0.3, -0.25) is 4.79 Å². The van der Waals surface area contributed by atoms with Crippen LogP contribution < -0.4 is 10.6 Å². The maximum absolute atomic E-state index is 13.1. The van der Waals surface area contributed by atoms with Crippen molar-refractivity contribution >= 4 is 50.3 Å². The van der Waals surface area contributed by atoms with E-state index in [-0.39, 0.29) is 37.6 Å². The quantitative estimate of drug-likeness (QED) is 0.412. The van der Waals surface area contributed by atoms with Crippen LogP contribution >= 0.6 is 23.1 Å². The van der Waals surface area contributed by atoms with Crippen LogP contribution in [0, 0.1) is 5.82 Å². The maximum Gasteiger partial charge on any atom is 0.233 e. The van der Waals surface area contributed by atoms with Gasteiger partial charge in [0.1, 0.15) is 20.7 Å². The number of aromatic nitrogens is 2. The molecule has 0 atom stereocenters. The highest BCUT2D eigenvalue weighted by Crippen LogP contribution is 2.28. The Bertz CT molecular complexity index is 1200. The van der Waals surface area contributed by atoms with Crippen molar-refractivity contribution in [2.75, 3.05) is 42.6 Å². The van der Waals surface area contributed by atoms with Crippen molar-refractivity contribution in [3.05, 3.63) is 53.8 Å². The van der Waals surface area contributed by atoms with Crippen LogP contribution in [-0.2, 0) is 14.6 Å². The van der Waals surface area contributed by atoms with Crippen molar-refractivity contribution in [1.82, 2.24) is 14.9 Å². The Morgan fingerprint density at radius 3 is 2.50 bits per heavy atom. The van der Waals surface area contributed by atoms with Gasteiger partial charge in [-0.15, -0.1) is 11.3 Å². The van der Waals surface area contributed by atoms with Gasteiger partial charge in [0.2, 0.25) is 15.7 Å². The Morgan fingerprint density at radius 2 is 1.88 bits per heavy atom. The third-order valence-corrected chi connectivity index (χ3v) is 8.97. The van der Waals surface area contributed by atoms with E-state index in [1.54, 1.807) is 28.5 Å². The van der Waals surface area contributed by atoms with Gasteiger partial charge in [-0.2, -0.15) is 0 Å². The molecular formula is C20H20FN5O3S3. The summed E-state index contributed by atoms with van der Waals surface area (Å²) in [7, 11) is -3.76. The molecule has 1 aromatic carbocycles. The minimum atomic E-state index is -3.76. The lowest BCUT2D eigenvalue weighted by atomic mass is 10.2. The molecule has 1 saturated heterocycles. The van der Waals surface area contributed by atoms with E-state index in [0.717, 1.165) is 28.8 Å². The molecule has 8 nitrogen and oxygen atoms in total. The Morgan fingerprint density at radius 1 is 1.16 bits per heavy atom. The number of nitrogens with zero attached hydrogens (tertiary/aromatic N) is 4. The number of carbonyl (C=O) groups excluding carboxylic acids is 1. The number of nitrogen functional groups attached to an aromatic ring is 1. The van der Waals surface area contributed by atoms with Crippen LogP contribution in [0.3, 0.4) is 0 Å². The Kier molecular flexibility index (Phi) is 6.63. The van der Waals surface area contributed by atoms with Crippen LogP contribution in [0.4, 0.5) is 15.9 Å². The van der Waals surface area contributed by atoms with Crippen molar-refractivity contribution < 1.29 is 17.6 Å². The normalized spacial score (nSPS) is 14.5. The van der Waals surface area contributed by atoms with Crippen molar-refractivity contribution in [3.63, 3.8) is 0 Å². The Balaban J connectivity index is 1.32. The molecule has 0 spiro atoms. The summed E-state index contributed by atoms with van der Waals surface area (Å²) in [6.07, 6.45) is 1.19. The lowest BCUT2D eigenvalue weighted by Crippen LogP contribution is -2.49. The van der Waals surface area contributed by atoms with Crippen LogP contribution in [0.2, 0.25) is 0 Å². The van der Waals surface area contributed by atoms with Gasteiger partial charge in [-0.1, -0.05) is 17.8 Å². The maximum atomic E-state index is 13.1. The number of carbonyl (C=O) groups is 1. The number of halogens is 1. The van der Waals surface area contributed by atoms with Crippen molar-refractivity contribution in [2.45, 2.75) is 14.3 Å². The summed E-state index contributed by atoms with van der Waals surface area (Å²) in [6.45, 7) is 2.41. The van der Waals surface area contributed by atoms with Crippen LogP contribution in [0.5, 0.6) is 0 Å². The van der Waals surface area contributed by atoms with Crippen molar-refractivity contribution in [3.8, 4) is 0 Å². The van der Waals surface area contributed by atoms with Gasteiger partial charge < -0.3 is 15.5 Å². The third kappa shape index (κ3) is 4.87. The van der Waals surface area contributed by atoms with Crippen molar-refractivity contribution in [2.24, 2.45) is 0 Å². The fourth-order valence-corrected chi connectivity index (χ4v) is 6.36. The highest BCUT2D eigenvalue weighted by Gasteiger charge is 2.25. The summed E-state index contributed by atoms with van der Waals surface area (Å²) in [5.74, 6) is -0.366. The summed E-state index contributed by atoms with van der Waals surface area (Å²) < 4.78 is 38.5. The van der Waals surface area contributed by atoms with E-state index in [0.29, 0.717) is 26.2 Å². The molecule has 1 aliphatic heterocycles. The first kappa shape index (κ1) is 22.5. The summed E-state index contributed by atoms with van der Waals surface area (Å²) in [4.78, 5) is 24.4. The molecule has 3 aromatic rings. The molecule has 2 N–H and O–H groups in total. The lowest BCUT2D eigenvalue weighted by Gasteiger charge is -2.36. The number of piperazine rings is 1. The summed E-state index contributed by atoms with van der Waals surface area (Å²) in [6, 6.07) is 9.44. The van der Waals surface area contributed by atoms with Gasteiger partial charge in [0, 0.05) is 31.9 Å². The first-order valence-electron chi connectivity index (χ1n) is 9.67. The molecule has 32 heavy (non-hydrogen) atoms. The van der Waals surface area contributed by atoms with Gasteiger partial charge in [0.15, 0.2) is 5.16 Å². The van der Waals surface area contributed by atoms with Gasteiger partial charge in [-0.25, -0.2) is 22.8 Å². The topological polar surface area (TPSA) is 109 Å². The minimum Gasteiger partial charge on any atom is -0.382 e. The van der Waals surface area contributed by atoms with Crippen molar-refractivity contribution in [1.29, 1.82) is 0 Å².